The summed E-state index contributed by atoms with van der Waals surface area (Å²) < 4.78 is 0. The van der Waals surface area contributed by atoms with Gasteiger partial charge in [-0.1, -0.05) is 19.1 Å². The molecule has 0 aliphatic carbocycles. The summed E-state index contributed by atoms with van der Waals surface area (Å²) in [7, 11) is 0. The normalized spacial score (nSPS) is 12.0. The predicted molar refractivity (Wildman–Crippen MR) is 88.6 cm³/mol. The van der Waals surface area contributed by atoms with Gasteiger partial charge < -0.3 is 10.2 Å². The van der Waals surface area contributed by atoms with Gasteiger partial charge in [0.1, 0.15) is 11.5 Å². The van der Waals surface area contributed by atoms with Crippen LogP contribution in [0.4, 0.5) is 0 Å². The van der Waals surface area contributed by atoms with Gasteiger partial charge in [-0.15, -0.1) is 0 Å². The van der Waals surface area contributed by atoms with E-state index in [9.17, 15) is 19.8 Å². The molecular formula is C19H20O4. The molecule has 0 radical (unpaired) electrons. The molecular weight excluding hydrogens is 292 g/mol. The van der Waals surface area contributed by atoms with Gasteiger partial charge in [0.2, 0.25) is 0 Å². The maximum absolute atomic E-state index is 11.2. The summed E-state index contributed by atoms with van der Waals surface area (Å²) in [4.78, 5) is 22.3. The minimum absolute atomic E-state index is 0.0640. The predicted octanol–water partition coefficient (Wildman–Crippen LogP) is 3.88. The summed E-state index contributed by atoms with van der Waals surface area (Å²) in [6, 6.07) is 6.62. The van der Waals surface area contributed by atoms with E-state index in [1.165, 1.54) is 0 Å². The number of benzene rings is 2. The number of aryl methyl sites for hydroxylation is 1. The van der Waals surface area contributed by atoms with Gasteiger partial charge in [0.15, 0.2) is 12.6 Å². The van der Waals surface area contributed by atoms with Crippen LogP contribution in [-0.2, 0) is 0 Å². The molecule has 0 aromatic heterocycles. The summed E-state index contributed by atoms with van der Waals surface area (Å²) in [5.41, 5.74) is 3.39. The number of phenols is 2. The Kier molecular flexibility index (Phi) is 4.84. The standard InChI is InChI=1S/C19H20O4/c1-4-15(16-7-5-6-13(9-20)18(16)22)17-12(3)11(2)8-14(10-21)19(17)23/h5-10,15,22-23H,4H2,1-3H3. The van der Waals surface area contributed by atoms with Gasteiger partial charge in [0, 0.05) is 17.0 Å². The van der Waals surface area contributed by atoms with Gasteiger partial charge in [0.25, 0.3) is 0 Å². The minimum atomic E-state index is -0.312. The summed E-state index contributed by atoms with van der Waals surface area (Å²) in [5, 5.41) is 20.8. The first kappa shape index (κ1) is 16.7. The molecule has 23 heavy (non-hydrogen) atoms. The molecule has 0 bridgehead atoms. The summed E-state index contributed by atoms with van der Waals surface area (Å²) in [6.07, 6.45) is 1.83. The molecule has 0 amide bonds. The highest BCUT2D eigenvalue weighted by Gasteiger charge is 2.24. The van der Waals surface area contributed by atoms with Crippen LogP contribution in [0.25, 0.3) is 0 Å². The van der Waals surface area contributed by atoms with Crippen molar-refractivity contribution < 1.29 is 19.8 Å². The van der Waals surface area contributed by atoms with Crippen molar-refractivity contribution in [2.45, 2.75) is 33.1 Å². The number of aldehydes is 2. The Hall–Kier alpha value is -2.62. The lowest BCUT2D eigenvalue weighted by molar-refractivity contribution is 0.111. The second kappa shape index (κ2) is 6.65. The molecule has 0 saturated carbocycles. The number of rotatable bonds is 5. The van der Waals surface area contributed by atoms with Crippen LogP contribution in [0, 0.1) is 13.8 Å². The summed E-state index contributed by atoms with van der Waals surface area (Å²) >= 11 is 0. The molecule has 0 fully saturated rings. The maximum atomic E-state index is 11.2. The number of carbonyl (C=O) groups is 2. The number of hydrogen-bond donors (Lipinski definition) is 2. The number of hydrogen-bond acceptors (Lipinski definition) is 4. The molecule has 2 N–H and O–H groups in total. The minimum Gasteiger partial charge on any atom is -0.507 e. The molecule has 1 unspecified atom stereocenters. The highest BCUT2D eigenvalue weighted by atomic mass is 16.3. The Morgan fingerprint density at radius 2 is 1.70 bits per heavy atom. The molecule has 2 aromatic carbocycles. The molecule has 0 aliphatic heterocycles. The Labute approximate surface area is 135 Å². The second-order valence-electron chi connectivity index (χ2n) is 5.65. The quantitative estimate of drug-likeness (QED) is 0.822. The van der Waals surface area contributed by atoms with Crippen molar-refractivity contribution in [3.8, 4) is 11.5 Å². The molecule has 120 valence electrons. The fraction of sp³-hybridized carbons (Fsp3) is 0.263. The number of carbonyl (C=O) groups excluding carboxylic acids is 2. The zero-order valence-corrected chi connectivity index (χ0v) is 13.5. The SMILES string of the molecule is CCC(c1cccc(C=O)c1O)c1c(C)c(C)cc(C=O)c1O. The van der Waals surface area contributed by atoms with Crippen molar-refractivity contribution in [2.75, 3.05) is 0 Å². The average molecular weight is 312 g/mol. The Morgan fingerprint density at radius 1 is 1.04 bits per heavy atom. The van der Waals surface area contributed by atoms with E-state index in [2.05, 4.69) is 0 Å². The van der Waals surface area contributed by atoms with Crippen LogP contribution in [0.15, 0.2) is 24.3 Å². The molecule has 0 heterocycles. The van der Waals surface area contributed by atoms with E-state index in [-0.39, 0.29) is 28.5 Å². The van der Waals surface area contributed by atoms with E-state index in [1.54, 1.807) is 24.3 Å². The largest absolute Gasteiger partial charge is 0.507 e. The van der Waals surface area contributed by atoms with Gasteiger partial charge >= 0.3 is 0 Å². The van der Waals surface area contributed by atoms with E-state index in [0.717, 1.165) is 11.1 Å². The Morgan fingerprint density at radius 3 is 2.26 bits per heavy atom. The van der Waals surface area contributed by atoms with E-state index in [0.29, 0.717) is 30.1 Å². The van der Waals surface area contributed by atoms with Gasteiger partial charge in [-0.2, -0.15) is 0 Å². The molecule has 4 heteroatoms. The molecule has 0 spiro atoms. The first-order valence-corrected chi connectivity index (χ1v) is 7.51. The van der Waals surface area contributed by atoms with Gasteiger partial charge in [-0.3, -0.25) is 9.59 Å². The van der Waals surface area contributed by atoms with E-state index < -0.39 is 0 Å². The molecule has 0 aliphatic rings. The monoisotopic (exact) mass is 312 g/mol. The van der Waals surface area contributed by atoms with Crippen LogP contribution in [0.2, 0.25) is 0 Å². The van der Waals surface area contributed by atoms with Crippen LogP contribution in [0.1, 0.15) is 62.2 Å². The number of phenolic OH excluding ortho intramolecular Hbond substituents is 2. The van der Waals surface area contributed by atoms with Crippen LogP contribution in [-0.4, -0.2) is 22.8 Å². The lowest BCUT2D eigenvalue weighted by Crippen LogP contribution is -2.07. The van der Waals surface area contributed by atoms with Crippen LogP contribution in [0.5, 0.6) is 11.5 Å². The molecule has 2 aromatic rings. The fourth-order valence-electron chi connectivity index (χ4n) is 3.01. The average Bonchev–Trinajstić information content (AvgIpc) is 2.55. The fourth-order valence-corrected chi connectivity index (χ4v) is 3.01. The maximum Gasteiger partial charge on any atom is 0.153 e. The van der Waals surface area contributed by atoms with Crippen molar-refractivity contribution >= 4 is 12.6 Å². The summed E-state index contributed by atoms with van der Waals surface area (Å²) in [5.74, 6) is -0.457. The zero-order valence-electron chi connectivity index (χ0n) is 13.5. The van der Waals surface area contributed by atoms with Crippen LogP contribution >= 0.6 is 0 Å². The van der Waals surface area contributed by atoms with Crippen LogP contribution < -0.4 is 0 Å². The van der Waals surface area contributed by atoms with Crippen molar-refractivity contribution in [1.82, 2.24) is 0 Å². The van der Waals surface area contributed by atoms with E-state index in [1.807, 2.05) is 20.8 Å². The second-order valence-corrected chi connectivity index (χ2v) is 5.65. The van der Waals surface area contributed by atoms with E-state index in [4.69, 9.17) is 0 Å². The van der Waals surface area contributed by atoms with Crippen molar-refractivity contribution in [1.29, 1.82) is 0 Å². The lowest BCUT2D eigenvalue weighted by Gasteiger charge is -2.23. The zero-order chi connectivity index (χ0) is 17.1. The van der Waals surface area contributed by atoms with Crippen molar-refractivity contribution in [2.24, 2.45) is 0 Å². The molecule has 2 rings (SSSR count). The Bertz CT molecular complexity index is 762. The third-order valence-corrected chi connectivity index (χ3v) is 4.38. The van der Waals surface area contributed by atoms with Gasteiger partial charge in [0.05, 0.1) is 11.1 Å². The third kappa shape index (κ3) is 2.84. The Balaban J connectivity index is 2.75. The van der Waals surface area contributed by atoms with Gasteiger partial charge in [-0.05, 0) is 43.5 Å². The van der Waals surface area contributed by atoms with Crippen molar-refractivity contribution in [3.63, 3.8) is 0 Å². The molecule has 1 atom stereocenters. The third-order valence-electron chi connectivity index (χ3n) is 4.38. The number of para-hydroxylation sites is 1. The van der Waals surface area contributed by atoms with Crippen molar-refractivity contribution in [3.05, 3.63) is 57.6 Å². The van der Waals surface area contributed by atoms with Crippen LogP contribution in [0.3, 0.4) is 0 Å². The first-order chi connectivity index (χ1) is 11.0. The lowest BCUT2D eigenvalue weighted by atomic mass is 9.82. The topological polar surface area (TPSA) is 74.6 Å². The first-order valence-electron chi connectivity index (χ1n) is 7.51. The molecule has 4 nitrogen and oxygen atoms in total. The van der Waals surface area contributed by atoms with Gasteiger partial charge in [-0.25, -0.2) is 0 Å². The highest BCUT2D eigenvalue weighted by Crippen LogP contribution is 2.42. The smallest absolute Gasteiger partial charge is 0.153 e. The van der Waals surface area contributed by atoms with E-state index >= 15 is 0 Å². The highest BCUT2D eigenvalue weighted by molar-refractivity contribution is 5.82. The number of aromatic hydroxyl groups is 2. The summed E-state index contributed by atoms with van der Waals surface area (Å²) in [6.45, 7) is 5.68. The molecule has 0 saturated heterocycles.